The molecule has 0 saturated heterocycles. The number of nitrogens with one attached hydrogen (secondary N) is 1. The van der Waals surface area contributed by atoms with Crippen molar-refractivity contribution in [3.63, 3.8) is 0 Å². The van der Waals surface area contributed by atoms with E-state index in [2.05, 4.69) is 41.0 Å². The minimum atomic E-state index is -0.694. The van der Waals surface area contributed by atoms with Crippen LogP contribution < -0.4 is 10.1 Å². The topological polar surface area (TPSA) is 90.4 Å². The molecule has 0 spiro atoms. The summed E-state index contributed by atoms with van der Waals surface area (Å²) in [7, 11) is 1.33. The lowest BCUT2D eigenvalue weighted by Gasteiger charge is -2.20. The van der Waals surface area contributed by atoms with Gasteiger partial charge in [-0.15, -0.1) is 10.2 Å². The molecule has 0 radical (unpaired) electrons. The third kappa shape index (κ3) is 6.51. The lowest BCUT2D eigenvalue weighted by atomic mass is 9.87. The van der Waals surface area contributed by atoms with Crippen molar-refractivity contribution >= 4 is 40.1 Å². The molecule has 27 heavy (non-hydrogen) atoms. The van der Waals surface area contributed by atoms with Crippen molar-refractivity contribution in [3.8, 4) is 5.75 Å². The quantitative estimate of drug-likeness (QED) is 0.425. The summed E-state index contributed by atoms with van der Waals surface area (Å²) in [4.78, 5) is 23.4. The molecule has 0 bridgehead atoms. The Balaban J connectivity index is 1.88. The molecule has 0 aliphatic rings. The number of rotatable bonds is 7. The number of carbonyl (C=O) groups is 2. The van der Waals surface area contributed by atoms with E-state index < -0.39 is 6.10 Å². The number of ether oxygens (including phenoxy) is 2. The van der Waals surface area contributed by atoms with Crippen LogP contribution in [0.1, 0.15) is 33.3 Å². The fourth-order valence-electron chi connectivity index (χ4n) is 2.00. The van der Waals surface area contributed by atoms with Crippen LogP contribution in [-0.4, -0.2) is 41.0 Å². The molecule has 1 aromatic carbocycles. The minimum absolute atomic E-state index is 0.0585. The second kappa shape index (κ2) is 9.18. The second-order valence-corrected chi connectivity index (χ2v) is 8.96. The van der Waals surface area contributed by atoms with Gasteiger partial charge in [-0.1, -0.05) is 56.0 Å². The number of benzene rings is 1. The van der Waals surface area contributed by atoms with E-state index in [1.807, 2.05) is 24.3 Å². The Morgan fingerprint density at radius 3 is 2.48 bits per heavy atom. The fourth-order valence-corrected chi connectivity index (χ4v) is 3.58. The third-order valence-corrected chi connectivity index (χ3v) is 5.53. The molecule has 9 heteroatoms. The summed E-state index contributed by atoms with van der Waals surface area (Å²) in [5.41, 5.74) is 1.25. The van der Waals surface area contributed by atoms with Crippen molar-refractivity contribution in [2.24, 2.45) is 0 Å². The van der Waals surface area contributed by atoms with E-state index in [0.717, 1.165) is 0 Å². The minimum Gasteiger partial charge on any atom is -0.481 e. The lowest BCUT2D eigenvalue weighted by molar-refractivity contribution is -0.137. The molecule has 0 unspecified atom stereocenters. The average molecular weight is 410 g/mol. The Kier molecular flexibility index (Phi) is 7.20. The molecule has 0 fully saturated rings. The predicted octanol–water partition coefficient (Wildman–Crippen LogP) is 3.51. The van der Waals surface area contributed by atoms with Crippen molar-refractivity contribution < 1.29 is 19.1 Å². The fraction of sp³-hybridized carbons (Fsp3) is 0.444. The highest BCUT2D eigenvalue weighted by Gasteiger charge is 2.18. The maximum Gasteiger partial charge on any atom is 0.316 e. The van der Waals surface area contributed by atoms with Crippen molar-refractivity contribution in [1.82, 2.24) is 10.2 Å². The number of methoxy groups -OCH3 is 1. The zero-order valence-corrected chi connectivity index (χ0v) is 17.6. The predicted molar refractivity (Wildman–Crippen MR) is 107 cm³/mol. The molecule has 1 atom stereocenters. The van der Waals surface area contributed by atoms with E-state index in [9.17, 15) is 9.59 Å². The molecule has 0 aliphatic heterocycles. The molecule has 2 aromatic rings. The molecule has 0 saturated carbocycles. The smallest absolute Gasteiger partial charge is 0.316 e. The highest BCUT2D eigenvalue weighted by molar-refractivity contribution is 8.01. The van der Waals surface area contributed by atoms with Crippen molar-refractivity contribution in [2.45, 2.75) is 43.6 Å². The Bertz CT molecular complexity index is 785. The lowest BCUT2D eigenvalue weighted by Crippen LogP contribution is -2.30. The van der Waals surface area contributed by atoms with E-state index >= 15 is 0 Å². The maximum absolute atomic E-state index is 12.3. The number of hydrogen-bond acceptors (Lipinski definition) is 8. The van der Waals surface area contributed by atoms with Gasteiger partial charge in [0.05, 0.1) is 12.9 Å². The van der Waals surface area contributed by atoms with Gasteiger partial charge in [-0.05, 0) is 30.0 Å². The Labute approximate surface area is 166 Å². The van der Waals surface area contributed by atoms with Gasteiger partial charge in [0.1, 0.15) is 5.75 Å². The van der Waals surface area contributed by atoms with E-state index in [-0.39, 0.29) is 23.0 Å². The molecular formula is C18H23N3O4S2. The van der Waals surface area contributed by atoms with Gasteiger partial charge in [-0.25, -0.2) is 0 Å². The van der Waals surface area contributed by atoms with Gasteiger partial charge in [0.15, 0.2) is 10.4 Å². The van der Waals surface area contributed by atoms with Crippen LogP contribution >= 0.6 is 23.1 Å². The number of thioether (sulfide) groups is 1. The molecule has 146 valence electrons. The van der Waals surface area contributed by atoms with Gasteiger partial charge < -0.3 is 9.47 Å². The van der Waals surface area contributed by atoms with E-state index in [0.29, 0.717) is 15.2 Å². The molecule has 7 nitrogen and oxygen atoms in total. The first-order valence-corrected chi connectivity index (χ1v) is 10.1. The van der Waals surface area contributed by atoms with Crippen LogP contribution in [0.3, 0.4) is 0 Å². The first kappa shape index (κ1) is 21.2. The SMILES string of the molecule is COC(=O)CSc1nnc(NC(=O)[C@H](C)Oc2ccc(C(C)(C)C)cc2)s1. The first-order valence-electron chi connectivity index (χ1n) is 8.30. The zero-order chi connectivity index (χ0) is 20.0. The third-order valence-electron chi connectivity index (χ3n) is 3.58. The van der Waals surface area contributed by atoms with Crippen molar-refractivity contribution in [3.05, 3.63) is 29.8 Å². The number of anilines is 1. The summed E-state index contributed by atoms with van der Waals surface area (Å²) in [6.07, 6.45) is -0.694. The van der Waals surface area contributed by atoms with Crippen LogP contribution in [0.4, 0.5) is 5.13 Å². The van der Waals surface area contributed by atoms with Crippen LogP contribution in [0.5, 0.6) is 5.75 Å². The van der Waals surface area contributed by atoms with Gasteiger partial charge in [0.25, 0.3) is 5.91 Å². The van der Waals surface area contributed by atoms with Gasteiger partial charge >= 0.3 is 5.97 Å². The zero-order valence-electron chi connectivity index (χ0n) is 15.9. The van der Waals surface area contributed by atoms with Crippen LogP contribution in [0.15, 0.2) is 28.6 Å². The highest BCUT2D eigenvalue weighted by Crippen LogP contribution is 2.26. The number of aromatic nitrogens is 2. The monoisotopic (exact) mass is 409 g/mol. The van der Waals surface area contributed by atoms with E-state index in [1.165, 1.54) is 35.8 Å². The van der Waals surface area contributed by atoms with Crippen LogP contribution in [0.25, 0.3) is 0 Å². The number of hydrogen-bond donors (Lipinski definition) is 1. The number of amides is 1. The van der Waals surface area contributed by atoms with Crippen molar-refractivity contribution in [1.29, 1.82) is 0 Å². The molecule has 2 rings (SSSR count). The normalized spacial score (nSPS) is 12.3. The number of nitrogens with zero attached hydrogens (tertiary/aromatic N) is 2. The van der Waals surface area contributed by atoms with E-state index in [4.69, 9.17) is 4.74 Å². The molecule has 1 aromatic heterocycles. The summed E-state index contributed by atoms with van der Waals surface area (Å²) >= 11 is 2.39. The van der Waals surface area contributed by atoms with Crippen LogP contribution in [-0.2, 0) is 19.7 Å². The summed E-state index contributed by atoms with van der Waals surface area (Å²) < 4.78 is 10.8. The van der Waals surface area contributed by atoms with Gasteiger partial charge in [0, 0.05) is 0 Å². The molecular weight excluding hydrogens is 386 g/mol. The Hall–Kier alpha value is -2.13. The first-order chi connectivity index (χ1) is 12.7. The van der Waals surface area contributed by atoms with Gasteiger partial charge in [-0.3, -0.25) is 14.9 Å². The summed E-state index contributed by atoms with van der Waals surface area (Å²) in [5.74, 6) is 0.0940. The Morgan fingerprint density at radius 2 is 1.89 bits per heavy atom. The van der Waals surface area contributed by atoms with Crippen LogP contribution in [0.2, 0.25) is 0 Å². The van der Waals surface area contributed by atoms with Crippen molar-refractivity contribution in [2.75, 3.05) is 18.2 Å². The van der Waals surface area contributed by atoms with E-state index in [1.54, 1.807) is 6.92 Å². The summed E-state index contributed by atoms with van der Waals surface area (Å²) in [6.45, 7) is 8.08. The largest absolute Gasteiger partial charge is 0.481 e. The molecule has 1 heterocycles. The highest BCUT2D eigenvalue weighted by atomic mass is 32.2. The molecule has 1 amide bonds. The molecule has 0 aliphatic carbocycles. The summed E-state index contributed by atoms with van der Waals surface area (Å²) in [5, 5.41) is 10.8. The molecule has 1 N–H and O–H groups in total. The second-order valence-electron chi connectivity index (χ2n) is 6.76. The van der Waals surface area contributed by atoms with Crippen LogP contribution in [0, 0.1) is 0 Å². The Morgan fingerprint density at radius 1 is 1.22 bits per heavy atom. The average Bonchev–Trinajstić information content (AvgIpc) is 3.06. The maximum atomic E-state index is 12.3. The van der Waals surface area contributed by atoms with Gasteiger partial charge in [-0.2, -0.15) is 0 Å². The van der Waals surface area contributed by atoms with Gasteiger partial charge in [0.2, 0.25) is 5.13 Å². The number of esters is 1. The standard InChI is InChI=1S/C18H23N3O4S2/c1-11(25-13-8-6-12(7-9-13)18(2,3)4)15(23)19-16-20-21-17(27-16)26-10-14(22)24-5/h6-9,11H,10H2,1-5H3,(H,19,20,23)/t11-/m0/s1. The summed E-state index contributed by atoms with van der Waals surface area (Å²) in [6, 6.07) is 7.71. The number of carbonyl (C=O) groups excluding carboxylic acids is 2.